The average molecular weight is 273 g/mol. The van der Waals surface area contributed by atoms with Gasteiger partial charge >= 0.3 is 0 Å². The molecule has 1 fully saturated rings. The van der Waals surface area contributed by atoms with Gasteiger partial charge in [-0.15, -0.1) is 0 Å². The number of para-hydroxylation sites is 1. The molecule has 0 amide bonds. The van der Waals surface area contributed by atoms with Crippen molar-refractivity contribution < 1.29 is 9.26 Å². The van der Waals surface area contributed by atoms with Crippen LogP contribution in [0.1, 0.15) is 43.0 Å². The summed E-state index contributed by atoms with van der Waals surface area (Å²) in [4.78, 5) is 4.36. The highest BCUT2D eigenvalue weighted by atomic mass is 16.5. The predicted octanol–water partition coefficient (Wildman–Crippen LogP) is 2.64. The van der Waals surface area contributed by atoms with Crippen LogP contribution in [0.5, 0.6) is 5.75 Å². The third-order valence-electron chi connectivity index (χ3n) is 3.32. The normalized spacial score (nSPS) is 14.4. The van der Waals surface area contributed by atoms with Crippen molar-refractivity contribution in [2.45, 2.75) is 38.8 Å². The van der Waals surface area contributed by atoms with Gasteiger partial charge in [0.2, 0.25) is 0 Å². The minimum absolute atomic E-state index is 0.322. The number of ether oxygens (including phenoxy) is 1. The Morgan fingerprint density at radius 3 is 3.00 bits per heavy atom. The van der Waals surface area contributed by atoms with Crippen LogP contribution in [-0.4, -0.2) is 16.7 Å². The molecule has 20 heavy (non-hydrogen) atoms. The zero-order valence-electron chi connectivity index (χ0n) is 11.6. The number of nitrogens with one attached hydrogen (secondary N) is 1. The van der Waals surface area contributed by atoms with Crippen LogP contribution in [0.3, 0.4) is 0 Å². The van der Waals surface area contributed by atoms with Gasteiger partial charge in [-0.1, -0.05) is 30.3 Å². The van der Waals surface area contributed by atoms with E-state index in [1.807, 2.05) is 18.2 Å². The largest absolute Gasteiger partial charge is 0.483 e. The highest BCUT2D eigenvalue weighted by Gasteiger charge is 2.28. The molecule has 1 aliphatic rings. The summed E-state index contributed by atoms with van der Waals surface area (Å²) in [7, 11) is 0. The molecule has 2 aromatic rings. The Hall–Kier alpha value is -1.88. The molecule has 0 aliphatic heterocycles. The van der Waals surface area contributed by atoms with Crippen molar-refractivity contribution in [1.29, 1.82) is 0 Å². The minimum Gasteiger partial charge on any atom is -0.483 e. The molecular formula is C15H19N3O2. The third kappa shape index (κ3) is 3.17. The van der Waals surface area contributed by atoms with Crippen LogP contribution in [-0.2, 0) is 13.2 Å². The van der Waals surface area contributed by atoms with Gasteiger partial charge in [0, 0.05) is 18.0 Å². The number of aromatic nitrogens is 2. The molecule has 1 aromatic carbocycles. The lowest BCUT2D eigenvalue weighted by Crippen LogP contribution is -2.12. The van der Waals surface area contributed by atoms with Crippen LogP contribution < -0.4 is 10.1 Å². The zero-order chi connectivity index (χ0) is 13.8. The van der Waals surface area contributed by atoms with Crippen LogP contribution in [0.4, 0.5) is 0 Å². The van der Waals surface area contributed by atoms with Gasteiger partial charge in [-0.05, 0) is 25.5 Å². The monoisotopic (exact) mass is 273 g/mol. The summed E-state index contributed by atoms with van der Waals surface area (Å²) in [5.41, 5.74) is 1.14. The van der Waals surface area contributed by atoms with Crippen molar-refractivity contribution in [3.63, 3.8) is 0 Å². The number of rotatable bonds is 7. The second-order valence-electron chi connectivity index (χ2n) is 5.00. The van der Waals surface area contributed by atoms with Gasteiger partial charge < -0.3 is 14.6 Å². The minimum atomic E-state index is 0.322. The molecule has 0 atom stereocenters. The van der Waals surface area contributed by atoms with Crippen molar-refractivity contribution in [2.24, 2.45) is 0 Å². The molecule has 106 valence electrons. The lowest BCUT2D eigenvalue weighted by atomic mass is 10.2. The van der Waals surface area contributed by atoms with Crippen molar-refractivity contribution in [3.8, 4) is 5.75 Å². The van der Waals surface area contributed by atoms with Crippen LogP contribution in [0.25, 0.3) is 0 Å². The van der Waals surface area contributed by atoms with Crippen LogP contribution in [0, 0.1) is 0 Å². The van der Waals surface area contributed by atoms with Crippen LogP contribution in [0.15, 0.2) is 28.8 Å². The standard InChI is InChI=1S/C15H19N3O2/c1-2-16-9-12-5-3-4-6-13(12)19-10-14-17-15(18-20-14)11-7-8-11/h3-6,11,16H,2,7-10H2,1H3. The molecule has 0 unspecified atom stereocenters. The maximum atomic E-state index is 5.80. The molecule has 1 aliphatic carbocycles. The van der Waals surface area contributed by atoms with Crippen LogP contribution >= 0.6 is 0 Å². The van der Waals surface area contributed by atoms with Gasteiger partial charge in [-0.25, -0.2) is 0 Å². The summed E-state index contributed by atoms with van der Waals surface area (Å²) in [5, 5.41) is 7.28. The van der Waals surface area contributed by atoms with E-state index in [2.05, 4.69) is 28.4 Å². The molecule has 0 radical (unpaired) electrons. The van der Waals surface area contributed by atoms with E-state index in [4.69, 9.17) is 9.26 Å². The number of benzene rings is 1. The molecule has 5 heteroatoms. The van der Waals surface area contributed by atoms with Crippen molar-refractivity contribution in [2.75, 3.05) is 6.54 Å². The van der Waals surface area contributed by atoms with Crippen molar-refractivity contribution in [1.82, 2.24) is 15.5 Å². The Bertz CT molecular complexity index is 564. The number of hydrogen-bond acceptors (Lipinski definition) is 5. The zero-order valence-corrected chi connectivity index (χ0v) is 11.6. The number of nitrogens with zero attached hydrogens (tertiary/aromatic N) is 2. The first-order chi connectivity index (χ1) is 9.86. The molecule has 0 bridgehead atoms. The molecule has 3 rings (SSSR count). The van der Waals surface area contributed by atoms with E-state index in [0.29, 0.717) is 18.4 Å². The molecule has 0 saturated heterocycles. The summed E-state index contributed by atoms with van der Waals surface area (Å²) in [5.74, 6) is 2.74. The van der Waals surface area contributed by atoms with Crippen molar-refractivity contribution >= 4 is 0 Å². The first-order valence-corrected chi connectivity index (χ1v) is 7.10. The molecule has 5 nitrogen and oxygen atoms in total. The molecule has 1 heterocycles. The molecule has 1 N–H and O–H groups in total. The van der Waals surface area contributed by atoms with Gasteiger partial charge in [0.25, 0.3) is 5.89 Å². The Kier molecular flexibility index (Phi) is 3.97. The second kappa shape index (κ2) is 6.05. The van der Waals surface area contributed by atoms with E-state index >= 15 is 0 Å². The van der Waals surface area contributed by atoms with Gasteiger partial charge in [0.1, 0.15) is 5.75 Å². The Morgan fingerprint density at radius 1 is 1.35 bits per heavy atom. The smallest absolute Gasteiger partial charge is 0.264 e. The van der Waals surface area contributed by atoms with Crippen molar-refractivity contribution in [3.05, 3.63) is 41.5 Å². The fourth-order valence-electron chi connectivity index (χ4n) is 2.02. The summed E-state index contributed by atoms with van der Waals surface area (Å²) in [6.45, 7) is 4.14. The molecule has 0 spiro atoms. The van der Waals surface area contributed by atoms with E-state index < -0.39 is 0 Å². The lowest BCUT2D eigenvalue weighted by Gasteiger charge is -2.09. The van der Waals surface area contributed by atoms with E-state index in [-0.39, 0.29) is 0 Å². The van der Waals surface area contributed by atoms with E-state index in [1.165, 1.54) is 12.8 Å². The third-order valence-corrected chi connectivity index (χ3v) is 3.32. The summed E-state index contributed by atoms with van der Waals surface area (Å²) >= 11 is 0. The second-order valence-corrected chi connectivity index (χ2v) is 5.00. The summed E-state index contributed by atoms with van der Waals surface area (Å²) in [6, 6.07) is 8.00. The van der Waals surface area contributed by atoms with Gasteiger partial charge in [-0.3, -0.25) is 0 Å². The van der Waals surface area contributed by atoms with Gasteiger partial charge in [0.15, 0.2) is 12.4 Å². The van der Waals surface area contributed by atoms with E-state index in [1.54, 1.807) is 0 Å². The molecular weight excluding hydrogens is 254 g/mol. The van der Waals surface area contributed by atoms with Gasteiger partial charge in [0.05, 0.1) is 0 Å². The van der Waals surface area contributed by atoms with E-state index in [9.17, 15) is 0 Å². The summed E-state index contributed by atoms with van der Waals surface area (Å²) in [6.07, 6.45) is 2.34. The summed E-state index contributed by atoms with van der Waals surface area (Å²) < 4.78 is 11.0. The number of hydrogen-bond donors (Lipinski definition) is 1. The molecule has 1 aromatic heterocycles. The van der Waals surface area contributed by atoms with Crippen LogP contribution in [0.2, 0.25) is 0 Å². The molecule has 1 saturated carbocycles. The Labute approximate surface area is 118 Å². The SMILES string of the molecule is CCNCc1ccccc1OCc1nc(C2CC2)no1. The Balaban J connectivity index is 1.61. The maximum absolute atomic E-state index is 5.80. The van der Waals surface area contributed by atoms with E-state index in [0.717, 1.165) is 30.2 Å². The maximum Gasteiger partial charge on any atom is 0.264 e. The predicted molar refractivity (Wildman–Crippen MR) is 74.4 cm³/mol. The first-order valence-electron chi connectivity index (χ1n) is 7.10. The average Bonchev–Trinajstić information content (AvgIpc) is 3.23. The topological polar surface area (TPSA) is 60.2 Å². The van der Waals surface area contributed by atoms with Gasteiger partial charge in [-0.2, -0.15) is 4.98 Å². The fraction of sp³-hybridized carbons (Fsp3) is 0.467. The Morgan fingerprint density at radius 2 is 2.20 bits per heavy atom. The quantitative estimate of drug-likeness (QED) is 0.840. The lowest BCUT2D eigenvalue weighted by molar-refractivity contribution is 0.240. The fourth-order valence-corrected chi connectivity index (χ4v) is 2.02. The first kappa shape index (κ1) is 13.1. The highest BCUT2D eigenvalue weighted by Crippen LogP contribution is 2.38. The highest BCUT2D eigenvalue weighted by molar-refractivity contribution is 5.33.